The fourth-order valence-electron chi connectivity index (χ4n) is 7.22. The maximum absolute atomic E-state index is 6.18. The maximum atomic E-state index is 6.18. The Kier molecular flexibility index (Phi) is 5.94. The van der Waals surface area contributed by atoms with Gasteiger partial charge in [-0.25, -0.2) is 9.98 Å². The first-order valence-corrected chi connectivity index (χ1v) is 16.5. The number of amidine groups is 2. The van der Waals surface area contributed by atoms with Crippen molar-refractivity contribution in [2.75, 3.05) is 0 Å². The van der Waals surface area contributed by atoms with E-state index in [1.54, 1.807) is 0 Å². The first-order valence-electron chi connectivity index (χ1n) is 16.5. The van der Waals surface area contributed by atoms with Crippen molar-refractivity contribution in [1.82, 2.24) is 5.32 Å². The molecule has 0 aliphatic carbocycles. The highest BCUT2D eigenvalue weighted by atomic mass is 16.3. The number of nitrogens with zero attached hydrogens (tertiary/aromatic N) is 2. The van der Waals surface area contributed by atoms with E-state index in [-0.39, 0.29) is 0 Å². The minimum absolute atomic E-state index is 0.756. The summed E-state index contributed by atoms with van der Waals surface area (Å²) >= 11 is 0. The molecular weight excluding hydrogens is 603 g/mol. The van der Waals surface area contributed by atoms with Crippen LogP contribution in [0.4, 0.5) is 0 Å². The Bertz CT molecular complexity index is 2820. The van der Waals surface area contributed by atoms with Crippen LogP contribution in [-0.2, 0) is 5.66 Å². The van der Waals surface area contributed by atoms with E-state index < -0.39 is 5.66 Å². The smallest absolute Gasteiger partial charge is 0.177 e. The summed E-state index contributed by atoms with van der Waals surface area (Å²) in [6.07, 6.45) is 0. The highest BCUT2D eigenvalue weighted by Gasteiger charge is 2.32. The van der Waals surface area contributed by atoms with E-state index in [4.69, 9.17) is 18.8 Å². The number of fused-ring (bicyclic) bond motifs is 7. The molecule has 0 bridgehead atoms. The van der Waals surface area contributed by atoms with E-state index in [9.17, 15) is 0 Å². The predicted molar refractivity (Wildman–Crippen MR) is 200 cm³/mol. The van der Waals surface area contributed by atoms with Gasteiger partial charge in [0.15, 0.2) is 5.66 Å². The van der Waals surface area contributed by atoms with Gasteiger partial charge in [-0.2, -0.15) is 0 Å². The van der Waals surface area contributed by atoms with Crippen molar-refractivity contribution in [3.8, 4) is 11.1 Å². The fraction of sp³-hybridized carbons (Fsp3) is 0.0455. The lowest BCUT2D eigenvalue weighted by Gasteiger charge is -2.30. The lowest BCUT2D eigenvalue weighted by atomic mass is 9.95. The molecule has 5 heteroatoms. The van der Waals surface area contributed by atoms with Gasteiger partial charge in [0.2, 0.25) is 0 Å². The predicted octanol–water partition coefficient (Wildman–Crippen LogP) is 11.0. The highest BCUT2D eigenvalue weighted by Crippen LogP contribution is 2.39. The Morgan fingerprint density at radius 3 is 1.88 bits per heavy atom. The molecular formula is C44H29N3O2. The van der Waals surface area contributed by atoms with Gasteiger partial charge in [-0.3, -0.25) is 0 Å². The van der Waals surface area contributed by atoms with Crippen LogP contribution in [0.2, 0.25) is 0 Å². The van der Waals surface area contributed by atoms with Crippen molar-refractivity contribution in [1.29, 1.82) is 0 Å². The van der Waals surface area contributed by atoms with Crippen LogP contribution < -0.4 is 5.32 Å². The van der Waals surface area contributed by atoms with E-state index in [2.05, 4.69) is 121 Å². The lowest BCUT2D eigenvalue weighted by molar-refractivity contribution is 0.518. The largest absolute Gasteiger partial charge is 0.456 e. The minimum atomic E-state index is -0.887. The van der Waals surface area contributed by atoms with Gasteiger partial charge in [-0.05, 0) is 71.3 Å². The number of hydrogen-bond donors (Lipinski definition) is 1. The average Bonchev–Trinajstić information content (AvgIpc) is 3.73. The Hall–Kier alpha value is -6.46. The van der Waals surface area contributed by atoms with Crippen LogP contribution in [0.3, 0.4) is 0 Å². The number of furan rings is 2. The molecule has 232 valence electrons. The molecule has 3 heterocycles. The first-order chi connectivity index (χ1) is 24.1. The normalized spacial score (nSPS) is 16.3. The molecule has 1 atom stereocenters. The zero-order chi connectivity index (χ0) is 32.5. The number of para-hydroxylation sites is 2. The number of nitrogens with one attached hydrogen (secondary N) is 1. The Morgan fingerprint density at radius 2 is 1.06 bits per heavy atom. The number of rotatable bonds is 4. The summed E-state index contributed by atoms with van der Waals surface area (Å²) < 4.78 is 12.3. The quantitative estimate of drug-likeness (QED) is 0.210. The van der Waals surface area contributed by atoms with Crippen LogP contribution >= 0.6 is 0 Å². The average molecular weight is 632 g/mol. The van der Waals surface area contributed by atoms with Crippen molar-refractivity contribution in [3.63, 3.8) is 0 Å². The van der Waals surface area contributed by atoms with Gasteiger partial charge in [0.1, 0.15) is 34.0 Å². The standard InChI is InChI=1S/C44H29N3O2/c1-44(32-22-19-28(20-23-32)33-13-8-16-40-41(33)35-12-5-7-15-38(35)49-40)46-42(30-18-17-27-9-2-3-10-29(27)25-30)45-43(47-44)31-21-24-39-36(26-31)34-11-4-6-14-37(34)48-39/h2-26H,1H3,(H,45,46,47)/t44-/m1/s1. The van der Waals surface area contributed by atoms with Crippen LogP contribution in [0.1, 0.15) is 23.6 Å². The molecule has 0 amide bonds. The van der Waals surface area contributed by atoms with Gasteiger partial charge < -0.3 is 14.2 Å². The molecule has 10 rings (SSSR count). The Labute approximate surface area is 281 Å². The van der Waals surface area contributed by atoms with Crippen molar-refractivity contribution >= 4 is 66.3 Å². The molecule has 0 spiro atoms. The number of hydrogen-bond acceptors (Lipinski definition) is 5. The van der Waals surface area contributed by atoms with Crippen LogP contribution in [-0.4, -0.2) is 11.7 Å². The van der Waals surface area contributed by atoms with Crippen LogP contribution in [0.25, 0.3) is 65.8 Å². The monoisotopic (exact) mass is 631 g/mol. The third-order valence-electron chi connectivity index (χ3n) is 9.71. The van der Waals surface area contributed by atoms with Gasteiger partial charge in [0.05, 0.1) is 0 Å². The van der Waals surface area contributed by atoms with E-state index in [1.807, 2.05) is 42.5 Å². The molecule has 5 nitrogen and oxygen atoms in total. The van der Waals surface area contributed by atoms with Crippen molar-refractivity contribution in [2.45, 2.75) is 12.6 Å². The van der Waals surface area contributed by atoms with Crippen molar-refractivity contribution in [2.24, 2.45) is 9.98 Å². The lowest BCUT2D eigenvalue weighted by Crippen LogP contribution is -2.40. The van der Waals surface area contributed by atoms with E-state index in [1.165, 1.54) is 5.39 Å². The van der Waals surface area contributed by atoms with Gasteiger partial charge in [0, 0.05) is 38.2 Å². The van der Waals surface area contributed by atoms with E-state index in [0.717, 1.165) is 88.8 Å². The number of benzene rings is 7. The summed E-state index contributed by atoms with van der Waals surface area (Å²) in [4.78, 5) is 10.6. The van der Waals surface area contributed by atoms with Gasteiger partial charge in [0.25, 0.3) is 0 Å². The fourth-order valence-corrected chi connectivity index (χ4v) is 7.22. The summed E-state index contributed by atoms with van der Waals surface area (Å²) in [5.41, 5.74) is 7.81. The van der Waals surface area contributed by atoms with Crippen molar-refractivity contribution in [3.05, 3.63) is 168 Å². The molecule has 0 saturated heterocycles. The number of aliphatic imine (C=N–C) groups is 2. The van der Waals surface area contributed by atoms with Gasteiger partial charge >= 0.3 is 0 Å². The first kappa shape index (κ1) is 27.6. The molecule has 1 aliphatic heterocycles. The minimum Gasteiger partial charge on any atom is -0.456 e. The van der Waals surface area contributed by atoms with Gasteiger partial charge in [-0.15, -0.1) is 0 Å². The van der Waals surface area contributed by atoms with Crippen LogP contribution in [0, 0.1) is 0 Å². The topological polar surface area (TPSA) is 63.0 Å². The molecule has 7 aromatic carbocycles. The van der Waals surface area contributed by atoms with E-state index in [0.29, 0.717) is 0 Å². The van der Waals surface area contributed by atoms with E-state index >= 15 is 0 Å². The molecule has 1 aliphatic rings. The van der Waals surface area contributed by atoms with Crippen LogP contribution in [0.5, 0.6) is 0 Å². The summed E-state index contributed by atoms with van der Waals surface area (Å²) in [7, 11) is 0. The molecule has 49 heavy (non-hydrogen) atoms. The third-order valence-corrected chi connectivity index (χ3v) is 9.71. The second kappa shape index (κ2) is 10.5. The molecule has 0 saturated carbocycles. The second-order valence-corrected chi connectivity index (χ2v) is 12.8. The summed E-state index contributed by atoms with van der Waals surface area (Å²) in [5, 5.41) is 10.3. The molecule has 9 aromatic rings. The highest BCUT2D eigenvalue weighted by molar-refractivity contribution is 6.18. The zero-order valence-corrected chi connectivity index (χ0v) is 26.6. The molecule has 0 unspecified atom stereocenters. The zero-order valence-electron chi connectivity index (χ0n) is 26.6. The SMILES string of the molecule is C[C@@]1(c2ccc(-c3cccc4oc5ccccc5c34)cc2)N=C(c2ccc3ccccc3c2)NC(c2ccc3oc4ccccc4c3c2)=N1. The molecule has 0 fully saturated rings. The van der Waals surface area contributed by atoms with Crippen molar-refractivity contribution < 1.29 is 8.83 Å². The summed E-state index contributed by atoms with van der Waals surface area (Å²) in [6.45, 7) is 2.08. The molecule has 2 aromatic heterocycles. The summed E-state index contributed by atoms with van der Waals surface area (Å²) in [6, 6.07) is 52.4. The van der Waals surface area contributed by atoms with Gasteiger partial charge in [-0.1, -0.05) is 109 Å². The maximum Gasteiger partial charge on any atom is 0.177 e. The Balaban J connectivity index is 1.11. The second-order valence-electron chi connectivity index (χ2n) is 12.8. The third kappa shape index (κ3) is 4.47. The molecule has 1 N–H and O–H groups in total. The Morgan fingerprint density at radius 1 is 0.469 bits per heavy atom. The summed E-state index contributed by atoms with van der Waals surface area (Å²) in [5.74, 6) is 1.53. The van der Waals surface area contributed by atoms with Crippen LogP contribution in [0.15, 0.2) is 170 Å². The molecule has 0 radical (unpaired) electrons.